The molecule has 1 fully saturated rings. The van der Waals surface area contributed by atoms with E-state index >= 15 is 0 Å². The minimum absolute atomic E-state index is 0.465. The maximum absolute atomic E-state index is 5.47. The number of fused-ring (bicyclic) bond motifs is 1. The van der Waals surface area contributed by atoms with E-state index in [2.05, 4.69) is 31.2 Å². The Hall–Kier alpha value is -3.22. The van der Waals surface area contributed by atoms with Gasteiger partial charge in [-0.25, -0.2) is 4.68 Å². The zero-order valence-corrected chi connectivity index (χ0v) is 15.7. The minimum Gasteiger partial charge on any atom is -0.494 e. The first kappa shape index (κ1) is 16.9. The van der Waals surface area contributed by atoms with E-state index in [1.54, 1.807) is 0 Å². The Morgan fingerprint density at radius 3 is 2.64 bits per heavy atom. The molecule has 0 amide bonds. The predicted octanol–water partition coefficient (Wildman–Crippen LogP) is 4.66. The first-order valence-electron chi connectivity index (χ1n) is 9.74. The molecule has 0 aliphatic heterocycles. The summed E-state index contributed by atoms with van der Waals surface area (Å²) in [4.78, 5) is 4.54. The summed E-state index contributed by atoms with van der Waals surface area (Å²) in [5.41, 5.74) is 3.64. The fraction of sp³-hybridized carbons (Fsp3) is 0.333. The van der Waals surface area contributed by atoms with Crippen molar-refractivity contribution in [3.05, 3.63) is 42.5 Å². The first-order chi connectivity index (χ1) is 13.8. The van der Waals surface area contributed by atoms with Gasteiger partial charge in [-0.15, -0.1) is 5.10 Å². The third-order valence-electron chi connectivity index (χ3n) is 5.24. The molecule has 0 N–H and O–H groups in total. The van der Waals surface area contributed by atoms with Gasteiger partial charge in [0, 0.05) is 11.1 Å². The van der Waals surface area contributed by atoms with Gasteiger partial charge < -0.3 is 9.26 Å². The second-order valence-corrected chi connectivity index (χ2v) is 7.06. The van der Waals surface area contributed by atoms with Gasteiger partial charge in [0.1, 0.15) is 11.3 Å². The molecule has 1 saturated carbocycles. The predicted molar refractivity (Wildman–Crippen MR) is 105 cm³/mol. The number of nitrogens with zero attached hydrogens (tertiary/aromatic N) is 5. The summed E-state index contributed by atoms with van der Waals surface area (Å²) in [5.74, 6) is 1.84. The van der Waals surface area contributed by atoms with Crippen molar-refractivity contribution in [2.75, 3.05) is 6.61 Å². The molecule has 0 saturated heterocycles. The number of hydrogen-bond acceptors (Lipinski definition) is 6. The molecule has 7 nitrogen and oxygen atoms in total. The van der Waals surface area contributed by atoms with Crippen LogP contribution in [0.4, 0.5) is 0 Å². The molecule has 1 aliphatic rings. The van der Waals surface area contributed by atoms with E-state index < -0.39 is 0 Å². The molecule has 28 heavy (non-hydrogen) atoms. The minimum atomic E-state index is 0.465. The van der Waals surface area contributed by atoms with Crippen molar-refractivity contribution >= 4 is 11.0 Å². The highest BCUT2D eigenvalue weighted by molar-refractivity contribution is 5.80. The van der Waals surface area contributed by atoms with Crippen LogP contribution in [0.15, 0.2) is 47.0 Å². The van der Waals surface area contributed by atoms with Gasteiger partial charge in [-0.05, 0) is 62.2 Å². The van der Waals surface area contributed by atoms with Crippen LogP contribution in [-0.4, -0.2) is 31.7 Å². The summed E-state index contributed by atoms with van der Waals surface area (Å²) in [6, 6.07) is 14.1. The van der Waals surface area contributed by atoms with Gasteiger partial charge in [-0.1, -0.05) is 23.2 Å². The van der Waals surface area contributed by atoms with Crippen LogP contribution < -0.4 is 4.74 Å². The topological polar surface area (TPSA) is 78.9 Å². The number of aromatic nitrogens is 5. The van der Waals surface area contributed by atoms with E-state index in [9.17, 15) is 0 Å². The van der Waals surface area contributed by atoms with Crippen LogP contribution in [0.5, 0.6) is 5.75 Å². The highest BCUT2D eigenvalue weighted by Crippen LogP contribution is 2.32. The first-order valence-corrected chi connectivity index (χ1v) is 9.74. The van der Waals surface area contributed by atoms with Crippen LogP contribution in [-0.2, 0) is 0 Å². The number of ether oxygens (including phenoxy) is 1. The van der Waals surface area contributed by atoms with Gasteiger partial charge in [0.25, 0.3) is 5.89 Å². The van der Waals surface area contributed by atoms with E-state index in [0.29, 0.717) is 24.4 Å². The summed E-state index contributed by atoms with van der Waals surface area (Å²) in [6.45, 7) is 2.60. The molecular weight excluding hydrogens is 354 g/mol. The molecule has 4 aromatic rings. The molecule has 5 rings (SSSR count). The average molecular weight is 375 g/mol. The summed E-state index contributed by atoms with van der Waals surface area (Å²) in [6.07, 6.45) is 4.88. The molecule has 142 valence electrons. The zero-order valence-electron chi connectivity index (χ0n) is 15.7. The number of rotatable bonds is 5. The van der Waals surface area contributed by atoms with Gasteiger partial charge in [0.2, 0.25) is 5.82 Å². The smallest absolute Gasteiger partial charge is 0.258 e. The summed E-state index contributed by atoms with van der Waals surface area (Å²) in [7, 11) is 0. The van der Waals surface area contributed by atoms with Crippen LogP contribution in [0, 0.1) is 0 Å². The maximum atomic E-state index is 5.47. The lowest BCUT2D eigenvalue weighted by atomic mass is 10.1. The Morgan fingerprint density at radius 1 is 1.07 bits per heavy atom. The van der Waals surface area contributed by atoms with Crippen molar-refractivity contribution in [1.82, 2.24) is 25.1 Å². The van der Waals surface area contributed by atoms with Crippen molar-refractivity contribution in [2.24, 2.45) is 0 Å². The van der Waals surface area contributed by atoms with Crippen LogP contribution in [0.25, 0.3) is 33.9 Å². The molecule has 7 heteroatoms. The van der Waals surface area contributed by atoms with Crippen LogP contribution in [0.3, 0.4) is 0 Å². The van der Waals surface area contributed by atoms with Crippen molar-refractivity contribution in [1.29, 1.82) is 0 Å². The normalized spacial score (nSPS) is 14.8. The largest absolute Gasteiger partial charge is 0.494 e. The Bertz CT molecular complexity index is 1090. The molecule has 0 unspecified atom stereocenters. The molecule has 0 atom stereocenters. The van der Waals surface area contributed by atoms with E-state index in [1.807, 2.05) is 43.3 Å². The second-order valence-electron chi connectivity index (χ2n) is 7.06. The summed E-state index contributed by atoms with van der Waals surface area (Å²) >= 11 is 0. The molecule has 0 radical (unpaired) electrons. The molecule has 2 aromatic carbocycles. The van der Waals surface area contributed by atoms with E-state index in [-0.39, 0.29) is 0 Å². The molecule has 2 heterocycles. The highest BCUT2D eigenvalue weighted by atomic mass is 16.5. The Balaban J connectivity index is 1.42. The second kappa shape index (κ2) is 7.07. The maximum Gasteiger partial charge on any atom is 0.258 e. The van der Waals surface area contributed by atoms with Crippen molar-refractivity contribution in [3.8, 4) is 28.6 Å². The SMILES string of the molecule is CCOc1ccc(-c2nc(-c3ccc4c(c3)nnn4C3CCCC3)no2)cc1. The Morgan fingerprint density at radius 2 is 1.86 bits per heavy atom. The van der Waals surface area contributed by atoms with E-state index in [0.717, 1.165) is 27.9 Å². The molecule has 0 spiro atoms. The average Bonchev–Trinajstić information content (AvgIpc) is 3.48. The molecule has 2 aromatic heterocycles. The lowest BCUT2D eigenvalue weighted by molar-refractivity contribution is 0.340. The summed E-state index contributed by atoms with van der Waals surface area (Å²) < 4.78 is 13.0. The van der Waals surface area contributed by atoms with Gasteiger partial charge in [0.15, 0.2) is 0 Å². The van der Waals surface area contributed by atoms with Crippen molar-refractivity contribution < 1.29 is 9.26 Å². The zero-order chi connectivity index (χ0) is 18.9. The standard InChI is InChI=1S/C21H21N5O2/c1-2-27-17-10-7-14(8-11-17)21-22-20(24-28-21)15-9-12-19-18(13-15)23-25-26(19)16-5-3-4-6-16/h7-13,16H,2-6H2,1H3. The lowest BCUT2D eigenvalue weighted by Crippen LogP contribution is -2.06. The highest BCUT2D eigenvalue weighted by Gasteiger charge is 2.20. The van der Waals surface area contributed by atoms with Crippen molar-refractivity contribution in [3.63, 3.8) is 0 Å². The fourth-order valence-corrected chi connectivity index (χ4v) is 3.82. The third-order valence-corrected chi connectivity index (χ3v) is 5.24. The Labute approximate surface area is 162 Å². The van der Waals surface area contributed by atoms with Crippen LogP contribution in [0.1, 0.15) is 38.6 Å². The quantitative estimate of drug-likeness (QED) is 0.505. The lowest BCUT2D eigenvalue weighted by Gasteiger charge is -2.09. The van der Waals surface area contributed by atoms with E-state index in [1.165, 1.54) is 25.7 Å². The van der Waals surface area contributed by atoms with Crippen molar-refractivity contribution in [2.45, 2.75) is 38.6 Å². The van der Waals surface area contributed by atoms with Crippen LogP contribution in [0.2, 0.25) is 0 Å². The third kappa shape index (κ3) is 3.02. The molecule has 1 aliphatic carbocycles. The summed E-state index contributed by atoms with van der Waals surface area (Å²) in [5, 5.41) is 12.9. The van der Waals surface area contributed by atoms with Gasteiger partial charge >= 0.3 is 0 Å². The van der Waals surface area contributed by atoms with Crippen LogP contribution >= 0.6 is 0 Å². The van der Waals surface area contributed by atoms with Gasteiger partial charge in [-0.3, -0.25) is 0 Å². The number of benzene rings is 2. The van der Waals surface area contributed by atoms with Gasteiger partial charge in [0.05, 0.1) is 18.2 Å². The molecule has 0 bridgehead atoms. The monoisotopic (exact) mass is 375 g/mol. The fourth-order valence-electron chi connectivity index (χ4n) is 3.82. The van der Waals surface area contributed by atoms with Gasteiger partial charge in [-0.2, -0.15) is 4.98 Å². The molecular formula is C21H21N5O2. The number of hydrogen-bond donors (Lipinski definition) is 0. The van der Waals surface area contributed by atoms with E-state index in [4.69, 9.17) is 9.26 Å². The Kier molecular flexibility index (Phi) is 4.27.